The molecule has 0 atom stereocenters. The zero-order valence-electron chi connectivity index (χ0n) is 11.0. The highest BCUT2D eigenvalue weighted by Crippen LogP contribution is 2.12. The van der Waals surface area contributed by atoms with E-state index in [9.17, 15) is 0 Å². The molecule has 6 nitrogen and oxygen atoms in total. The van der Waals surface area contributed by atoms with Gasteiger partial charge in [-0.1, -0.05) is 42.5 Å². The van der Waals surface area contributed by atoms with E-state index in [2.05, 4.69) is 20.4 Å². The molecule has 104 valence electrons. The summed E-state index contributed by atoms with van der Waals surface area (Å²) in [5.41, 5.74) is 8.06. The van der Waals surface area contributed by atoms with Gasteiger partial charge in [-0.25, -0.2) is 0 Å². The van der Waals surface area contributed by atoms with Crippen LogP contribution in [0.15, 0.2) is 48.7 Å². The number of rotatable bonds is 4. The summed E-state index contributed by atoms with van der Waals surface area (Å²) in [4.78, 5) is 5.90. The van der Waals surface area contributed by atoms with Crippen molar-refractivity contribution in [1.29, 1.82) is 0 Å². The molecule has 2 aromatic heterocycles. The molecule has 0 amide bonds. The molecule has 0 aliphatic rings. The highest BCUT2D eigenvalue weighted by molar-refractivity contribution is 7.80. The van der Waals surface area contributed by atoms with Crippen LogP contribution < -0.4 is 5.73 Å². The van der Waals surface area contributed by atoms with E-state index >= 15 is 0 Å². The number of hydrogen-bond donors (Lipinski definition) is 1. The van der Waals surface area contributed by atoms with Crippen molar-refractivity contribution in [2.24, 2.45) is 5.73 Å². The third-order valence-corrected chi connectivity index (χ3v) is 3.09. The lowest BCUT2D eigenvalue weighted by Crippen LogP contribution is -2.12. The molecule has 0 spiro atoms. The SMILES string of the molecule is NC(=S)c1cc(Cn2nnc(-c3ccccc3)n2)ccn1. The molecular weight excluding hydrogens is 284 g/mol. The van der Waals surface area contributed by atoms with Gasteiger partial charge < -0.3 is 5.73 Å². The summed E-state index contributed by atoms with van der Waals surface area (Å²) >= 11 is 4.92. The minimum atomic E-state index is 0.272. The molecule has 0 fully saturated rings. The Kier molecular flexibility index (Phi) is 3.65. The number of nitrogens with two attached hydrogens (primary N) is 1. The van der Waals surface area contributed by atoms with Gasteiger partial charge in [0.15, 0.2) is 0 Å². The van der Waals surface area contributed by atoms with Crippen LogP contribution in [0.2, 0.25) is 0 Å². The minimum Gasteiger partial charge on any atom is -0.388 e. The Bertz CT molecular complexity index is 768. The third kappa shape index (κ3) is 3.09. The average molecular weight is 296 g/mol. The average Bonchev–Trinajstić information content (AvgIpc) is 2.97. The molecule has 0 saturated heterocycles. The maximum Gasteiger partial charge on any atom is 0.204 e. The van der Waals surface area contributed by atoms with Crippen molar-refractivity contribution in [2.75, 3.05) is 0 Å². The zero-order chi connectivity index (χ0) is 14.7. The van der Waals surface area contributed by atoms with Gasteiger partial charge in [0.2, 0.25) is 5.82 Å². The van der Waals surface area contributed by atoms with Crippen molar-refractivity contribution in [3.05, 3.63) is 59.9 Å². The molecule has 0 aliphatic carbocycles. The van der Waals surface area contributed by atoms with Crippen molar-refractivity contribution < 1.29 is 0 Å². The summed E-state index contributed by atoms with van der Waals surface area (Å²) in [5, 5.41) is 12.5. The first-order chi connectivity index (χ1) is 10.2. The largest absolute Gasteiger partial charge is 0.388 e. The van der Waals surface area contributed by atoms with Crippen molar-refractivity contribution >= 4 is 17.2 Å². The Morgan fingerprint density at radius 2 is 2.00 bits per heavy atom. The second kappa shape index (κ2) is 5.76. The first-order valence-electron chi connectivity index (χ1n) is 6.30. The van der Waals surface area contributed by atoms with E-state index in [1.54, 1.807) is 6.20 Å². The van der Waals surface area contributed by atoms with E-state index < -0.39 is 0 Å². The van der Waals surface area contributed by atoms with Gasteiger partial charge in [-0.05, 0) is 22.9 Å². The number of hydrogen-bond acceptors (Lipinski definition) is 5. The van der Waals surface area contributed by atoms with Gasteiger partial charge in [0.1, 0.15) is 4.99 Å². The lowest BCUT2D eigenvalue weighted by atomic mass is 10.2. The van der Waals surface area contributed by atoms with Gasteiger partial charge in [-0.15, -0.1) is 10.2 Å². The van der Waals surface area contributed by atoms with Crippen molar-refractivity contribution in [1.82, 2.24) is 25.2 Å². The third-order valence-electron chi connectivity index (χ3n) is 2.89. The van der Waals surface area contributed by atoms with E-state index in [0.29, 0.717) is 18.1 Å². The maximum absolute atomic E-state index is 5.57. The Morgan fingerprint density at radius 1 is 1.19 bits per heavy atom. The second-order valence-electron chi connectivity index (χ2n) is 4.42. The molecule has 0 aliphatic heterocycles. The summed E-state index contributed by atoms with van der Waals surface area (Å²) in [6.45, 7) is 0.484. The number of benzene rings is 1. The quantitative estimate of drug-likeness (QED) is 0.733. The predicted molar refractivity (Wildman–Crippen MR) is 82.5 cm³/mol. The minimum absolute atomic E-state index is 0.272. The fraction of sp³-hybridized carbons (Fsp3) is 0.0714. The van der Waals surface area contributed by atoms with Gasteiger partial charge in [0.05, 0.1) is 12.2 Å². The van der Waals surface area contributed by atoms with Gasteiger partial charge in [0.25, 0.3) is 0 Å². The number of pyridine rings is 1. The summed E-state index contributed by atoms with van der Waals surface area (Å²) in [6.07, 6.45) is 1.67. The first kappa shape index (κ1) is 13.3. The second-order valence-corrected chi connectivity index (χ2v) is 4.86. The molecule has 2 N–H and O–H groups in total. The molecule has 2 heterocycles. The monoisotopic (exact) mass is 296 g/mol. The number of tetrazole rings is 1. The molecule has 1 aromatic carbocycles. The predicted octanol–water partition coefficient (Wildman–Crippen LogP) is 1.42. The van der Waals surface area contributed by atoms with Crippen molar-refractivity contribution in [3.63, 3.8) is 0 Å². The summed E-state index contributed by atoms with van der Waals surface area (Å²) < 4.78 is 0. The molecule has 21 heavy (non-hydrogen) atoms. The maximum atomic E-state index is 5.57. The van der Waals surface area contributed by atoms with Gasteiger partial charge >= 0.3 is 0 Å². The number of aromatic nitrogens is 5. The molecule has 7 heteroatoms. The van der Waals surface area contributed by atoms with Crippen LogP contribution in [0.3, 0.4) is 0 Å². The highest BCUT2D eigenvalue weighted by Gasteiger charge is 2.06. The molecular formula is C14H12N6S. The van der Waals surface area contributed by atoms with Crippen LogP contribution in [-0.4, -0.2) is 30.2 Å². The highest BCUT2D eigenvalue weighted by atomic mass is 32.1. The van der Waals surface area contributed by atoms with Gasteiger partial charge in [-0.3, -0.25) is 4.98 Å². The van der Waals surface area contributed by atoms with Crippen molar-refractivity contribution in [3.8, 4) is 11.4 Å². The summed E-state index contributed by atoms with van der Waals surface area (Å²) in [6, 6.07) is 13.4. The fourth-order valence-electron chi connectivity index (χ4n) is 1.88. The Labute approximate surface area is 126 Å². The summed E-state index contributed by atoms with van der Waals surface area (Å²) in [5.74, 6) is 0.597. The van der Waals surface area contributed by atoms with Crippen LogP contribution in [0, 0.1) is 0 Å². The Morgan fingerprint density at radius 3 is 2.76 bits per heavy atom. The fourth-order valence-corrected chi connectivity index (χ4v) is 2.00. The lowest BCUT2D eigenvalue weighted by molar-refractivity contribution is 0.572. The van der Waals surface area contributed by atoms with E-state index in [4.69, 9.17) is 18.0 Å². The number of thiocarbonyl (C=S) groups is 1. The molecule has 0 radical (unpaired) electrons. The van der Waals surface area contributed by atoms with Crippen LogP contribution in [0.4, 0.5) is 0 Å². The standard InChI is InChI=1S/C14H12N6S/c15-13(21)12-8-10(6-7-16-12)9-20-18-14(17-19-20)11-4-2-1-3-5-11/h1-8H,9H2,(H2,15,21). The van der Waals surface area contributed by atoms with Gasteiger partial charge in [0, 0.05) is 11.8 Å². The topological polar surface area (TPSA) is 82.5 Å². The normalized spacial score (nSPS) is 10.5. The molecule has 0 bridgehead atoms. The number of nitrogens with zero attached hydrogens (tertiary/aromatic N) is 5. The lowest BCUT2D eigenvalue weighted by Gasteiger charge is -2.02. The molecule has 3 aromatic rings. The molecule has 0 saturated carbocycles. The van der Waals surface area contributed by atoms with Crippen LogP contribution in [0.5, 0.6) is 0 Å². The van der Waals surface area contributed by atoms with Crippen molar-refractivity contribution in [2.45, 2.75) is 6.54 Å². The Balaban J connectivity index is 1.82. The van der Waals surface area contributed by atoms with E-state index in [-0.39, 0.29) is 4.99 Å². The first-order valence-corrected chi connectivity index (χ1v) is 6.71. The smallest absolute Gasteiger partial charge is 0.204 e. The van der Waals surface area contributed by atoms with Gasteiger partial charge in [-0.2, -0.15) is 4.80 Å². The summed E-state index contributed by atoms with van der Waals surface area (Å²) in [7, 11) is 0. The van der Waals surface area contributed by atoms with E-state index in [1.807, 2.05) is 42.5 Å². The zero-order valence-corrected chi connectivity index (χ0v) is 11.9. The van der Waals surface area contributed by atoms with Crippen LogP contribution >= 0.6 is 12.2 Å². The molecule has 0 unspecified atom stereocenters. The van der Waals surface area contributed by atoms with Crippen LogP contribution in [-0.2, 0) is 6.54 Å². The van der Waals surface area contributed by atoms with E-state index in [1.165, 1.54) is 4.80 Å². The van der Waals surface area contributed by atoms with Crippen LogP contribution in [0.25, 0.3) is 11.4 Å². The van der Waals surface area contributed by atoms with Crippen LogP contribution in [0.1, 0.15) is 11.3 Å². The van der Waals surface area contributed by atoms with E-state index in [0.717, 1.165) is 11.1 Å². The Hall–Kier alpha value is -2.67. The molecule has 3 rings (SSSR count).